The number of aliphatic hydroxyl groups is 1. The fourth-order valence-electron chi connectivity index (χ4n) is 2.07. The largest absolute Gasteiger partial charge is 0.391 e. The van der Waals surface area contributed by atoms with E-state index in [0.29, 0.717) is 0 Å². The minimum Gasteiger partial charge on any atom is -0.391 e. The van der Waals surface area contributed by atoms with E-state index in [9.17, 15) is 9.50 Å². The molecule has 2 rings (SSSR count). The van der Waals surface area contributed by atoms with Crippen LogP contribution in [0.25, 0.3) is 0 Å². The number of benzene rings is 1. The summed E-state index contributed by atoms with van der Waals surface area (Å²) in [5, 5.41) is 12.9. The first-order valence-electron chi connectivity index (χ1n) is 5.46. The number of hydrogen-bond acceptors (Lipinski definition) is 2. The van der Waals surface area contributed by atoms with E-state index >= 15 is 0 Å². The average Bonchev–Trinajstić information content (AvgIpc) is 2.22. The molecule has 0 saturated heterocycles. The summed E-state index contributed by atoms with van der Waals surface area (Å²) in [5.74, 6) is -0.245. The zero-order chi connectivity index (χ0) is 10.7. The number of halogens is 1. The summed E-state index contributed by atoms with van der Waals surface area (Å²) in [7, 11) is 0. The Balaban J connectivity index is 2.01. The van der Waals surface area contributed by atoms with Crippen LogP contribution >= 0.6 is 0 Å². The first kappa shape index (κ1) is 10.4. The molecule has 2 unspecified atom stereocenters. The van der Waals surface area contributed by atoms with E-state index in [1.807, 2.05) is 6.07 Å². The number of nitrogens with one attached hydrogen (secondary N) is 1. The van der Waals surface area contributed by atoms with Gasteiger partial charge in [-0.3, -0.25) is 0 Å². The Labute approximate surface area is 89.1 Å². The lowest BCUT2D eigenvalue weighted by atomic mass is 9.92. The lowest BCUT2D eigenvalue weighted by Crippen LogP contribution is -2.36. The average molecular weight is 209 g/mol. The van der Waals surface area contributed by atoms with Gasteiger partial charge in [-0.05, 0) is 31.0 Å². The zero-order valence-electron chi connectivity index (χ0n) is 8.62. The molecule has 1 aliphatic rings. The summed E-state index contributed by atoms with van der Waals surface area (Å²) in [4.78, 5) is 0. The maximum Gasteiger partial charge on any atom is 0.125 e. The van der Waals surface area contributed by atoms with E-state index in [1.54, 1.807) is 6.07 Å². The van der Waals surface area contributed by atoms with Crippen molar-refractivity contribution in [1.29, 1.82) is 0 Å². The smallest absolute Gasteiger partial charge is 0.125 e. The van der Waals surface area contributed by atoms with Crippen molar-refractivity contribution in [2.45, 2.75) is 37.8 Å². The van der Waals surface area contributed by atoms with Crippen molar-refractivity contribution in [3.8, 4) is 0 Å². The second kappa shape index (κ2) is 4.62. The molecule has 3 heteroatoms. The van der Waals surface area contributed by atoms with Crippen LogP contribution in [0.3, 0.4) is 0 Å². The van der Waals surface area contributed by atoms with E-state index in [0.717, 1.165) is 31.4 Å². The highest BCUT2D eigenvalue weighted by atomic mass is 19.1. The van der Waals surface area contributed by atoms with Gasteiger partial charge < -0.3 is 10.4 Å². The topological polar surface area (TPSA) is 32.3 Å². The Bertz CT molecular complexity index is 329. The summed E-state index contributed by atoms with van der Waals surface area (Å²) in [5.41, 5.74) is 0.751. The van der Waals surface area contributed by atoms with E-state index < -0.39 is 0 Å². The summed E-state index contributed by atoms with van der Waals surface area (Å²) in [6, 6.07) is 6.45. The van der Waals surface area contributed by atoms with Gasteiger partial charge >= 0.3 is 0 Å². The third-order valence-electron chi connectivity index (χ3n) is 2.91. The summed E-state index contributed by atoms with van der Waals surface area (Å²) >= 11 is 0. The summed E-state index contributed by atoms with van der Waals surface area (Å²) in [6.45, 7) is 0. The van der Waals surface area contributed by atoms with Crippen molar-refractivity contribution >= 4 is 5.69 Å². The van der Waals surface area contributed by atoms with Gasteiger partial charge in [-0.1, -0.05) is 18.9 Å². The second-order valence-electron chi connectivity index (χ2n) is 4.11. The van der Waals surface area contributed by atoms with Gasteiger partial charge in [0.25, 0.3) is 0 Å². The van der Waals surface area contributed by atoms with Gasteiger partial charge in [0, 0.05) is 5.69 Å². The molecule has 2 atom stereocenters. The van der Waals surface area contributed by atoms with Gasteiger partial charge in [-0.25, -0.2) is 4.39 Å². The minimum atomic E-state index is -0.304. The number of rotatable bonds is 2. The molecule has 0 heterocycles. The van der Waals surface area contributed by atoms with Gasteiger partial charge in [-0.15, -0.1) is 0 Å². The van der Waals surface area contributed by atoms with Crippen LogP contribution in [-0.2, 0) is 0 Å². The Kier molecular flexibility index (Phi) is 3.21. The molecule has 0 aliphatic heterocycles. The molecule has 1 aromatic carbocycles. The lowest BCUT2D eigenvalue weighted by Gasteiger charge is -2.29. The fourth-order valence-corrected chi connectivity index (χ4v) is 2.07. The Morgan fingerprint density at radius 2 is 2.07 bits per heavy atom. The van der Waals surface area contributed by atoms with Gasteiger partial charge in [0.15, 0.2) is 0 Å². The van der Waals surface area contributed by atoms with Crippen molar-refractivity contribution in [3.05, 3.63) is 30.1 Å². The normalized spacial score (nSPS) is 26.3. The molecule has 1 aromatic rings. The van der Waals surface area contributed by atoms with E-state index in [-0.39, 0.29) is 18.0 Å². The molecule has 0 aromatic heterocycles. The summed E-state index contributed by atoms with van der Waals surface area (Å²) in [6.07, 6.45) is 3.71. The van der Waals surface area contributed by atoms with Crippen LogP contribution in [0.1, 0.15) is 25.7 Å². The predicted octanol–water partition coefficient (Wildman–Crippen LogP) is 2.54. The molecule has 0 amide bonds. The predicted molar refractivity (Wildman–Crippen MR) is 58.3 cm³/mol. The Hall–Kier alpha value is -1.09. The van der Waals surface area contributed by atoms with Gasteiger partial charge in [-0.2, -0.15) is 0 Å². The SMILES string of the molecule is OC1CCCCC1Nc1cccc(F)c1. The Morgan fingerprint density at radius 1 is 1.27 bits per heavy atom. The minimum absolute atomic E-state index is 0.0700. The third kappa shape index (κ3) is 2.69. The highest BCUT2D eigenvalue weighted by molar-refractivity contribution is 5.44. The molecule has 82 valence electrons. The van der Waals surface area contributed by atoms with Crippen LogP contribution in [0.2, 0.25) is 0 Å². The molecule has 1 aliphatic carbocycles. The molecule has 2 N–H and O–H groups in total. The number of anilines is 1. The quantitative estimate of drug-likeness (QED) is 0.784. The third-order valence-corrected chi connectivity index (χ3v) is 2.91. The number of hydrogen-bond donors (Lipinski definition) is 2. The molecule has 0 bridgehead atoms. The van der Waals surface area contributed by atoms with Crippen LogP contribution in [-0.4, -0.2) is 17.3 Å². The molecule has 1 fully saturated rings. The van der Waals surface area contributed by atoms with Crippen LogP contribution in [0.4, 0.5) is 10.1 Å². The zero-order valence-corrected chi connectivity index (χ0v) is 8.62. The van der Waals surface area contributed by atoms with Crippen LogP contribution in [0.5, 0.6) is 0 Å². The maximum absolute atomic E-state index is 12.9. The molecule has 0 spiro atoms. The van der Waals surface area contributed by atoms with E-state index in [2.05, 4.69) is 5.32 Å². The van der Waals surface area contributed by atoms with E-state index in [4.69, 9.17) is 0 Å². The fraction of sp³-hybridized carbons (Fsp3) is 0.500. The molecule has 15 heavy (non-hydrogen) atoms. The standard InChI is InChI=1S/C12H16FNO/c13-9-4-3-5-10(8-9)14-11-6-1-2-7-12(11)15/h3-5,8,11-12,14-15H,1-2,6-7H2. The first-order chi connectivity index (χ1) is 7.25. The first-order valence-corrected chi connectivity index (χ1v) is 5.46. The van der Waals surface area contributed by atoms with Crippen molar-refractivity contribution in [3.63, 3.8) is 0 Å². The molecule has 2 nitrogen and oxygen atoms in total. The van der Waals surface area contributed by atoms with E-state index in [1.165, 1.54) is 12.1 Å². The van der Waals surface area contributed by atoms with Crippen molar-refractivity contribution in [1.82, 2.24) is 0 Å². The van der Waals surface area contributed by atoms with Crippen LogP contribution in [0.15, 0.2) is 24.3 Å². The second-order valence-corrected chi connectivity index (χ2v) is 4.11. The summed E-state index contributed by atoms with van der Waals surface area (Å²) < 4.78 is 12.9. The Morgan fingerprint density at radius 3 is 2.80 bits per heavy atom. The van der Waals surface area contributed by atoms with Crippen LogP contribution < -0.4 is 5.32 Å². The van der Waals surface area contributed by atoms with Crippen molar-refractivity contribution in [2.24, 2.45) is 0 Å². The maximum atomic E-state index is 12.9. The number of aliphatic hydroxyl groups excluding tert-OH is 1. The molecule has 1 saturated carbocycles. The lowest BCUT2D eigenvalue weighted by molar-refractivity contribution is 0.116. The highest BCUT2D eigenvalue weighted by Crippen LogP contribution is 2.22. The highest BCUT2D eigenvalue weighted by Gasteiger charge is 2.22. The van der Waals surface area contributed by atoms with Gasteiger partial charge in [0.05, 0.1) is 12.1 Å². The monoisotopic (exact) mass is 209 g/mol. The van der Waals surface area contributed by atoms with Gasteiger partial charge in [0.1, 0.15) is 5.82 Å². The van der Waals surface area contributed by atoms with Crippen LogP contribution in [0, 0.1) is 5.82 Å². The molecular formula is C12H16FNO. The van der Waals surface area contributed by atoms with Crippen molar-refractivity contribution < 1.29 is 9.50 Å². The molecular weight excluding hydrogens is 193 g/mol. The van der Waals surface area contributed by atoms with Gasteiger partial charge in [0.2, 0.25) is 0 Å². The molecule has 0 radical (unpaired) electrons. The van der Waals surface area contributed by atoms with Crippen molar-refractivity contribution in [2.75, 3.05) is 5.32 Å².